The Balaban J connectivity index is 3.73. The Bertz CT molecular complexity index is 373. The SMILES string of the molecule is C#CC(C)(C)OC(=O)CCCC(=O)OCCC#N. The van der Waals surface area contributed by atoms with Gasteiger partial charge in [0.1, 0.15) is 6.61 Å². The molecule has 0 aliphatic rings. The lowest BCUT2D eigenvalue weighted by atomic mass is 10.1. The van der Waals surface area contributed by atoms with Gasteiger partial charge in [0.05, 0.1) is 12.5 Å². The van der Waals surface area contributed by atoms with E-state index in [1.54, 1.807) is 13.8 Å². The van der Waals surface area contributed by atoms with Crippen molar-refractivity contribution in [3.8, 4) is 18.4 Å². The minimum atomic E-state index is -0.926. The van der Waals surface area contributed by atoms with E-state index >= 15 is 0 Å². The Morgan fingerprint density at radius 2 is 1.89 bits per heavy atom. The van der Waals surface area contributed by atoms with E-state index < -0.39 is 17.5 Å². The van der Waals surface area contributed by atoms with Crippen LogP contribution >= 0.6 is 0 Å². The molecule has 0 aliphatic carbocycles. The molecule has 0 aromatic carbocycles. The summed E-state index contributed by atoms with van der Waals surface area (Å²) in [7, 11) is 0. The molecule has 98 valence electrons. The van der Waals surface area contributed by atoms with Gasteiger partial charge in [-0.25, -0.2) is 0 Å². The molecule has 0 amide bonds. The first kappa shape index (κ1) is 16.0. The molecule has 0 heterocycles. The Labute approximate surface area is 107 Å². The molecule has 0 aromatic heterocycles. The molecule has 0 N–H and O–H groups in total. The highest BCUT2D eigenvalue weighted by Crippen LogP contribution is 2.10. The van der Waals surface area contributed by atoms with E-state index in [0.29, 0.717) is 6.42 Å². The van der Waals surface area contributed by atoms with Gasteiger partial charge >= 0.3 is 11.9 Å². The number of terminal acetylenes is 1. The minimum absolute atomic E-state index is 0.0872. The fourth-order valence-corrected chi connectivity index (χ4v) is 1.02. The Hall–Kier alpha value is -2.01. The number of ether oxygens (including phenoxy) is 2. The third-order valence-electron chi connectivity index (χ3n) is 1.96. The lowest BCUT2D eigenvalue weighted by Gasteiger charge is -2.18. The van der Waals surface area contributed by atoms with Gasteiger partial charge in [-0.1, -0.05) is 5.92 Å². The van der Waals surface area contributed by atoms with Crippen molar-refractivity contribution in [3.63, 3.8) is 0 Å². The number of hydrogen-bond donors (Lipinski definition) is 0. The van der Waals surface area contributed by atoms with Crippen LogP contribution in [0.25, 0.3) is 0 Å². The normalized spacial score (nSPS) is 10.0. The number of rotatable bonds is 7. The van der Waals surface area contributed by atoms with Crippen LogP contribution in [0.4, 0.5) is 0 Å². The molecule has 0 fully saturated rings. The predicted octanol–water partition coefficient (Wildman–Crippen LogP) is 1.57. The molecule has 0 bridgehead atoms. The summed E-state index contributed by atoms with van der Waals surface area (Å²) in [5.41, 5.74) is -0.926. The molecular weight excluding hydrogens is 234 g/mol. The van der Waals surface area contributed by atoms with Crippen LogP contribution < -0.4 is 0 Å². The monoisotopic (exact) mass is 251 g/mol. The molecule has 0 aromatic rings. The molecule has 0 rings (SSSR count). The maximum atomic E-state index is 11.3. The van der Waals surface area contributed by atoms with Gasteiger partial charge in [0.2, 0.25) is 0 Å². The molecule has 0 saturated heterocycles. The summed E-state index contributed by atoms with van der Waals surface area (Å²) in [6.45, 7) is 3.31. The Morgan fingerprint density at radius 1 is 1.28 bits per heavy atom. The molecule has 0 saturated carbocycles. The molecular formula is C13H17NO4. The quantitative estimate of drug-likeness (QED) is 0.390. The average Bonchev–Trinajstić information content (AvgIpc) is 2.28. The molecule has 0 unspecified atom stereocenters. The second-order valence-corrected chi connectivity index (χ2v) is 4.11. The highest BCUT2D eigenvalue weighted by Gasteiger charge is 2.19. The summed E-state index contributed by atoms with van der Waals surface area (Å²) in [5, 5.41) is 8.24. The van der Waals surface area contributed by atoms with E-state index in [9.17, 15) is 9.59 Å². The molecule has 5 heteroatoms. The van der Waals surface area contributed by atoms with Crippen LogP contribution in [0.2, 0.25) is 0 Å². The van der Waals surface area contributed by atoms with Crippen LogP contribution in [-0.4, -0.2) is 24.1 Å². The van der Waals surface area contributed by atoms with E-state index in [2.05, 4.69) is 5.92 Å². The minimum Gasteiger partial charge on any atom is -0.465 e. The van der Waals surface area contributed by atoms with Gasteiger partial charge in [-0.2, -0.15) is 5.26 Å². The second kappa shape index (κ2) is 8.14. The summed E-state index contributed by atoms with van der Waals surface area (Å²) in [6, 6.07) is 1.86. The van der Waals surface area contributed by atoms with E-state index in [1.807, 2.05) is 6.07 Å². The molecule has 0 atom stereocenters. The van der Waals surface area contributed by atoms with Crippen LogP contribution in [0.1, 0.15) is 39.5 Å². The zero-order valence-corrected chi connectivity index (χ0v) is 10.7. The zero-order chi connectivity index (χ0) is 14.0. The van der Waals surface area contributed by atoms with Crippen LogP contribution in [0.15, 0.2) is 0 Å². The van der Waals surface area contributed by atoms with Crippen LogP contribution in [-0.2, 0) is 19.1 Å². The molecule has 0 spiro atoms. The molecule has 0 radical (unpaired) electrons. The number of nitrogens with zero attached hydrogens (tertiary/aromatic N) is 1. The lowest BCUT2D eigenvalue weighted by Crippen LogP contribution is -2.25. The van der Waals surface area contributed by atoms with E-state index in [4.69, 9.17) is 21.2 Å². The fourth-order valence-electron chi connectivity index (χ4n) is 1.02. The fraction of sp³-hybridized carbons (Fsp3) is 0.615. The number of carbonyl (C=O) groups is 2. The molecule has 5 nitrogen and oxygen atoms in total. The van der Waals surface area contributed by atoms with Gasteiger partial charge in [-0.15, -0.1) is 6.42 Å². The van der Waals surface area contributed by atoms with Crippen LogP contribution in [0, 0.1) is 23.7 Å². The topological polar surface area (TPSA) is 76.4 Å². The Morgan fingerprint density at radius 3 is 2.44 bits per heavy atom. The number of hydrogen-bond acceptors (Lipinski definition) is 5. The van der Waals surface area contributed by atoms with Gasteiger partial charge in [-0.05, 0) is 20.3 Å². The smallest absolute Gasteiger partial charge is 0.307 e. The van der Waals surface area contributed by atoms with Crippen molar-refractivity contribution in [2.24, 2.45) is 0 Å². The maximum Gasteiger partial charge on any atom is 0.307 e. The van der Waals surface area contributed by atoms with Crippen molar-refractivity contribution in [2.45, 2.75) is 45.1 Å². The number of nitriles is 1. The first-order chi connectivity index (χ1) is 8.41. The van der Waals surface area contributed by atoms with Crippen LogP contribution in [0.5, 0.6) is 0 Å². The second-order valence-electron chi connectivity index (χ2n) is 4.11. The number of carbonyl (C=O) groups excluding carboxylic acids is 2. The largest absolute Gasteiger partial charge is 0.465 e. The van der Waals surface area contributed by atoms with Crippen molar-refractivity contribution in [1.82, 2.24) is 0 Å². The first-order valence-electron chi connectivity index (χ1n) is 5.63. The lowest BCUT2D eigenvalue weighted by molar-refractivity contribution is -0.152. The highest BCUT2D eigenvalue weighted by molar-refractivity contribution is 5.73. The summed E-state index contributed by atoms with van der Waals surface area (Å²) in [6.07, 6.45) is 5.91. The predicted molar refractivity (Wildman–Crippen MR) is 64.0 cm³/mol. The highest BCUT2D eigenvalue weighted by atomic mass is 16.6. The van der Waals surface area contributed by atoms with Gasteiger partial charge in [0.25, 0.3) is 0 Å². The number of esters is 2. The average molecular weight is 251 g/mol. The van der Waals surface area contributed by atoms with Gasteiger partial charge in [-0.3, -0.25) is 9.59 Å². The van der Waals surface area contributed by atoms with Crippen molar-refractivity contribution >= 4 is 11.9 Å². The van der Waals surface area contributed by atoms with Crippen molar-refractivity contribution in [1.29, 1.82) is 5.26 Å². The van der Waals surface area contributed by atoms with E-state index in [1.165, 1.54) is 0 Å². The third-order valence-corrected chi connectivity index (χ3v) is 1.96. The molecule has 18 heavy (non-hydrogen) atoms. The van der Waals surface area contributed by atoms with Gasteiger partial charge in [0, 0.05) is 12.8 Å². The summed E-state index contributed by atoms with van der Waals surface area (Å²) in [5.74, 6) is 1.48. The maximum absolute atomic E-state index is 11.3. The van der Waals surface area contributed by atoms with Crippen molar-refractivity contribution in [2.75, 3.05) is 6.61 Å². The first-order valence-corrected chi connectivity index (χ1v) is 5.63. The van der Waals surface area contributed by atoms with E-state index in [0.717, 1.165) is 0 Å². The Kier molecular flexibility index (Phi) is 7.23. The van der Waals surface area contributed by atoms with Gasteiger partial charge < -0.3 is 9.47 Å². The van der Waals surface area contributed by atoms with Crippen LogP contribution in [0.3, 0.4) is 0 Å². The molecule has 0 aliphatic heterocycles. The van der Waals surface area contributed by atoms with Crippen molar-refractivity contribution < 1.29 is 19.1 Å². The van der Waals surface area contributed by atoms with Gasteiger partial charge in [0.15, 0.2) is 5.60 Å². The van der Waals surface area contributed by atoms with Crippen molar-refractivity contribution in [3.05, 3.63) is 0 Å². The summed E-state index contributed by atoms with van der Waals surface area (Å²) in [4.78, 5) is 22.5. The van der Waals surface area contributed by atoms with E-state index in [-0.39, 0.29) is 25.9 Å². The summed E-state index contributed by atoms with van der Waals surface area (Å²) >= 11 is 0. The standard InChI is InChI=1S/C13H17NO4/c1-4-13(2,3)18-12(16)8-5-7-11(15)17-10-6-9-14/h1H,5-8,10H2,2-3H3. The summed E-state index contributed by atoms with van der Waals surface area (Å²) < 4.78 is 9.74. The zero-order valence-electron chi connectivity index (χ0n) is 10.7. The third kappa shape index (κ3) is 8.18.